The van der Waals surface area contributed by atoms with Crippen LogP contribution in [0.1, 0.15) is 18.4 Å². The Labute approximate surface area is 230 Å². The molecule has 0 saturated heterocycles. The molecule has 0 aliphatic heterocycles. The molecule has 204 valence electrons. The number of hydrogen-bond donors (Lipinski definition) is 5. The number of benzene rings is 3. The van der Waals surface area contributed by atoms with Crippen LogP contribution in [-0.2, 0) is 26.0 Å². The van der Waals surface area contributed by atoms with Crippen molar-refractivity contribution in [2.45, 2.75) is 36.2 Å². The van der Waals surface area contributed by atoms with E-state index in [0.29, 0.717) is 11.8 Å². The molecule has 0 fully saturated rings. The van der Waals surface area contributed by atoms with Crippen LogP contribution < -0.4 is 27.2 Å². The van der Waals surface area contributed by atoms with Gasteiger partial charge >= 0.3 is 0 Å². The van der Waals surface area contributed by atoms with Gasteiger partial charge in [0.2, 0.25) is 21.8 Å². The Morgan fingerprint density at radius 2 is 1.59 bits per heavy atom. The normalized spacial score (nSPS) is 13.1. The van der Waals surface area contributed by atoms with E-state index in [2.05, 4.69) is 15.0 Å². The number of aliphatic imine (C=N–C) groups is 1. The summed E-state index contributed by atoms with van der Waals surface area (Å²) >= 11 is 1.53. The molecule has 1 aromatic heterocycles. The summed E-state index contributed by atoms with van der Waals surface area (Å²) in [5.74, 6) is -1.51. The summed E-state index contributed by atoms with van der Waals surface area (Å²) in [6, 6.07) is 17.5. The highest BCUT2D eigenvalue weighted by Crippen LogP contribution is 2.27. The molecule has 4 rings (SSSR count). The molecular formula is C27H30N6O4S2. The zero-order valence-electron chi connectivity index (χ0n) is 21.0. The Kier molecular flexibility index (Phi) is 8.79. The molecule has 12 heteroatoms. The van der Waals surface area contributed by atoms with Crippen LogP contribution in [0.25, 0.3) is 20.9 Å². The summed E-state index contributed by atoms with van der Waals surface area (Å²) in [6.07, 6.45) is 0.561. The number of carbonyl (C=O) groups excluding carboxylic acids is 2. The van der Waals surface area contributed by atoms with Gasteiger partial charge in [0.15, 0.2) is 5.96 Å². The summed E-state index contributed by atoms with van der Waals surface area (Å²) < 4.78 is 30.5. The molecule has 0 saturated carbocycles. The second kappa shape index (κ2) is 12.2. The Bertz CT molecular complexity index is 1620. The van der Waals surface area contributed by atoms with Gasteiger partial charge in [-0.05, 0) is 46.7 Å². The van der Waals surface area contributed by atoms with Crippen LogP contribution in [0, 0.1) is 0 Å². The largest absolute Gasteiger partial charge is 0.370 e. The van der Waals surface area contributed by atoms with Gasteiger partial charge in [0, 0.05) is 23.1 Å². The molecule has 0 radical (unpaired) electrons. The van der Waals surface area contributed by atoms with Gasteiger partial charge in [-0.2, -0.15) is 4.72 Å². The molecule has 0 spiro atoms. The van der Waals surface area contributed by atoms with Gasteiger partial charge in [-0.3, -0.25) is 14.6 Å². The monoisotopic (exact) mass is 566 g/mol. The molecule has 3 aromatic carbocycles. The third kappa shape index (κ3) is 6.91. The van der Waals surface area contributed by atoms with Gasteiger partial charge in [0.25, 0.3) is 0 Å². The third-order valence-corrected chi connectivity index (χ3v) is 8.79. The minimum Gasteiger partial charge on any atom is -0.370 e. The Morgan fingerprint density at radius 1 is 0.897 bits per heavy atom. The van der Waals surface area contributed by atoms with Crippen LogP contribution >= 0.6 is 11.3 Å². The lowest BCUT2D eigenvalue weighted by atomic mass is 10.0. The number of nitrogens with two attached hydrogens (primary N) is 3. The number of primary amides is 1. The Hall–Kier alpha value is -4.00. The lowest BCUT2D eigenvalue weighted by molar-refractivity contribution is -0.128. The number of fused-ring (bicyclic) bond motifs is 2. The van der Waals surface area contributed by atoms with Crippen LogP contribution in [-0.4, -0.2) is 44.8 Å². The lowest BCUT2D eigenvalue weighted by Gasteiger charge is -2.22. The second-order valence-electron chi connectivity index (χ2n) is 9.02. The van der Waals surface area contributed by atoms with Crippen molar-refractivity contribution >= 4 is 60.0 Å². The van der Waals surface area contributed by atoms with Gasteiger partial charge in [0.05, 0.1) is 4.90 Å². The fourth-order valence-electron chi connectivity index (χ4n) is 4.33. The Balaban J connectivity index is 1.58. The summed E-state index contributed by atoms with van der Waals surface area (Å²) in [4.78, 5) is 29.7. The smallest absolute Gasteiger partial charge is 0.241 e. The number of thiophene rings is 1. The van der Waals surface area contributed by atoms with Gasteiger partial charge in [-0.15, -0.1) is 11.3 Å². The Morgan fingerprint density at radius 3 is 2.33 bits per heavy atom. The van der Waals surface area contributed by atoms with Gasteiger partial charge < -0.3 is 22.5 Å². The van der Waals surface area contributed by atoms with E-state index in [1.54, 1.807) is 30.3 Å². The number of amides is 2. The minimum atomic E-state index is -4.13. The summed E-state index contributed by atoms with van der Waals surface area (Å²) in [6.45, 7) is 0.197. The molecule has 1 heterocycles. The maximum Gasteiger partial charge on any atom is 0.241 e. The van der Waals surface area contributed by atoms with Crippen LogP contribution in [0.4, 0.5) is 0 Å². The average Bonchev–Trinajstić information content (AvgIpc) is 3.32. The molecule has 0 aliphatic carbocycles. The van der Waals surface area contributed by atoms with Gasteiger partial charge in [-0.1, -0.05) is 54.6 Å². The van der Waals surface area contributed by atoms with E-state index in [0.717, 1.165) is 21.0 Å². The summed E-state index contributed by atoms with van der Waals surface area (Å²) in [5.41, 5.74) is 17.3. The molecule has 39 heavy (non-hydrogen) atoms. The van der Waals surface area contributed by atoms with Crippen molar-refractivity contribution in [1.82, 2.24) is 10.0 Å². The highest BCUT2D eigenvalue weighted by molar-refractivity contribution is 7.89. The fraction of sp³-hybridized carbons (Fsp3) is 0.222. The first-order chi connectivity index (χ1) is 18.7. The second-order valence-corrected chi connectivity index (χ2v) is 11.6. The first-order valence-electron chi connectivity index (χ1n) is 12.3. The van der Waals surface area contributed by atoms with Crippen molar-refractivity contribution in [2.75, 3.05) is 6.54 Å². The lowest BCUT2D eigenvalue weighted by Crippen LogP contribution is -2.53. The molecule has 0 aliphatic rings. The highest BCUT2D eigenvalue weighted by atomic mass is 32.2. The molecule has 8 N–H and O–H groups in total. The molecular weight excluding hydrogens is 536 g/mol. The molecule has 0 unspecified atom stereocenters. The predicted octanol–water partition coefficient (Wildman–Crippen LogP) is 1.97. The number of sulfonamides is 1. The first-order valence-corrected chi connectivity index (χ1v) is 14.6. The van der Waals surface area contributed by atoms with Crippen molar-refractivity contribution < 1.29 is 18.0 Å². The number of guanidine groups is 1. The quantitative estimate of drug-likeness (QED) is 0.0992. The van der Waals surface area contributed by atoms with Crippen LogP contribution in [0.3, 0.4) is 0 Å². The maximum absolute atomic E-state index is 13.5. The minimum absolute atomic E-state index is 0.0406. The van der Waals surface area contributed by atoms with E-state index >= 15 is 0 Å². The van der Waals surface area contributed by atoms with E-state index in [1.165, 1.54) is 17.4 Å². The van der Waals surface area contributed by atoms with E-state index in [9.17, 15) is 18.0 Å². The van der Waals surface area contributed by atoms with Gasteiger partial charge in [-0.25, -0.2) is 8.42 Å². The molecule has 10 nitrogen and oxygen atoms in total. The third-order valence-electron chi connectivity index (χ3n) is 6.24. The first kappa shape index (κ1) is 28.0. The van der Waals surface area contributed by atoms with E-state index in [4.69, 9.17) is 17.2 Å². The number of carbonyl (C=O) groups is 2. The van der Waals surface area contributed by atoms with Crippen molar-refractivity contribution in [2.24, 2.45) is 22.2 Å². The molecule has 2 atom stereocenters. The molecule has 4 aromatic rings. The van der Waals surface area contributed by atoms with Crippen molar-refractivity contribution in [3.63, 3.8) is 0 Å². The molecule has 2 amide bonds. The SMILES string of the molecule is NC(=O)[C@@H](Cc1csc2ccccc12)NC(=O)[C@H](CCCN=C(N)N)NS(=O)(=O)c1cccc2ccccc12. The molecule has 0 bridgehead atoms. The van der Waals surface area contributed by atoms with E-state index in [-0.39, 0.29) is 30.2 Å². The summed E-state index contributed by atoms with van der Waals surface area (Å²) in [7, 11) is -4.13. The van der Waals surface area contributed by atoms with E-state index < -0.39 is 33.9 Å². The van der Waals surface area contributed by atoms with E-state index in [1.807, 2.05) is 35.7 Å². The standard InChI is InChI=1S/C27H30N6O4S2/c28-25(34)22(15-18-16-38-23-12-4-3-9-19(18)23)32-26(35)21(11-6-14-31-27(29)30)33-39(36,37)24-13-5-8-17-7-1-2-10-20(17)24/h1-5,7-10,12-13,16,21-22,33H,6,11,14-15H2,(H2,28,34)(H,32,35)(H4,29,30,31)/t21-,22+/m0/s1. The maximum atomic E-state index is 13.5. The number of nitrogens with zero attached hydrogens (tertiary/aromatic N) is 1. The fourth-order valence-corrected chi connectivity index (χ4v) is 6.77. The number of rotatable bonds is 12. The highest BCUT2D eigenvalue weighted by Gasteiger charge is 2.29. The van der Waals surface area contributed by atoms with Crippen molar-refractivity contribution in [1.29, 1.82) is 0 Å². The number of nitrogens with one attached hydrogen (secondary N) is 2. The van der Waals surface area contributed by atoms with Crippen molar-refractivity contribution in [3.8, 4) is 0 Å². The van der Waals surface area contributed by atoms with Crippen LogP contribution in [0.5, 0.6) is 0 Å². The zero-order valence-corrected chi connectivity index (χ0v) is 22.7. The summed E-state index contributed by atoms with van der Waals surface area (Å²) in [5, 5.41) is 6.81. The zero-order chi connectivity index (χ0) is 28.0. The average molecular weight is 567 g/mol. The van der Waals surface area contributed by atoms with Crippen LogP contribution in [0.15, 0.2) is 82.0 Å². The van der Waals surface area contributed by atoms with Crippen LogP contribution in [0.2, 0.25) is 0 Å². The predicted molar refractivity (Wildman–Crippen MR) is 155 cm³/mol. The van der Waals surface area contributed by atoms with Crippen molar-refractivity contribution in [3.05, 3.63) is 77.7 Å². The van der Waals surface area contributed by atoms with Gasteiger partial charge in [0.1, 0.15) is 12.1 Å². The number of hydrogen-bond acceptors (Lipinski definition) is 6. The topological polar surface area (TPSA) is 183 Å².